The van der Waals surface area contributed by atoms with Crippen LogP contribution in [0.15, 0.2) is 45.6 Å². The van der Waals surface area contributed by atoms with Crippen LogP contribution in [0.1, 0.15) is 24.3 Å². The molecule has 0 spiro atoms. The average molecular weight is 440 g/mol. The van der Waals surface area contributed by atoms with E-state index in [0.717, 1.165) is 30.5 Å². The predicted molar refractivity (Wildman–Crippen MR) is 119 cm³/mol. The zero-order chi connectivity index (χ0) is 21.6. The quantitative estimate of drug-likeness (QED) is 0.511. The van der Waals surface area contributed by atoms with Gasteiger partial charge in [0.15, 0.2) is 11.5 Å². The van der Waals surface area contributed by atoms with Crippen molar-refractivity contribution in [3.63, 3.8) is 0 Å². The molecule has 3 aromatic rings. The first-order valence-electron chi connectivity index (χ1n) is 10.2. The normalized spacial score (nSPS) is 16.6. The highest BCUT2D eigenvalue weighted by molar-refractivity contribution is 7.08. The Hall–Kier alpha value is -3.13. The number of rotatable bonds is 7. The van der Waals surface area contributed by atoms with Crippen LogP contribution in [0.2, 0.25) is 0 Å². The van der Waals surface area contributed by atoms with Crippen molar-refractivity contribution in [2.75, 3.05) is 27.3 Å². The second-order valence-electron chi connectivity index (χ2n) is 7.47. The number of aromatic nitrogens is 2. The molecule has 0 N–H and O–H groups in total. The third kappa shape index (κ3) is 5.14. The molecule has 1 aliphatic rings. The molecule has 31 heavy (non-hydrogen) atoms. The monoisotopic (exact) mass is 439 g/mol. The maximum atomic E-state index is 12.7. The third-order valence-electron chi connectivity index (χ3n) is 5.37. The van der Waals surface area contributed by atoms with E-state index in [-0.39, 0.29) is 5.91 Å². The number of piperidine rings is 1. The zero-order valence-electron chi connectivity index (χ0n) is 17.6. The highest BCUT2D eigenvalue weighted by Crippen LogP contribution is 2.28. The molecule has 1 aromatic carbocycles. The number of amides is 1. The first kappa shape index (κ1) is 21.1. The van der Waals surface area contributed by atoms with Gasteiger partial charge in [0, 0.05) is 36.5 Å². The molecule has 4 rings (SSSR count). The van der Waals surface area contributed by atoms with Gasteiger partial charge in [0.05, 0.1) is 14.2 Å². The van der Waals surface area contributed by atoms with Crippen LogP contribution in [0.4, 0.5) is 0 Å². The van der Waals surface area contributed by atoms with E-state index >= 15 is 0 Å². The van der Waals surface area contributed by atoms with Gasteiger partial charge < -0.3 is 18.9 Å². The van der Waals surface area contributed by atoms with Gasteiger partial charge >= 0.3 is 0 Å². The van der Waals surface area contributed by atoms with Crippen LogP contribution < -0.4 is 9.47 Å². The van der Waals surface area contributed by atoms with Crippen molar-refractivity contribution >= 4 is 23.3 Å². The molecule has 7 nitrogen and oxygen atoms in total. The van der Waals surface area contributed by atoms with Gasteiger partial charge in [0.2, 0.25) is 17.6 Å². The molecule has 0 saturated carbocycles. The van der Waals surface area contributed by atoms with Crippen molar-refractivity contribution in [2.45, 2.75) is 19.3 Å². The smallest absolute Gasteiger partial charge is 0.246 e. The number of benzene rings is 1. The molecule has 1 fully saturated rings. The van der Waals surface area contributed by atoms with Crippen LogP contribution in [-0.2, 0) is 11.2 Å². The van der Waals surface area contributed by atoms with Gasteiger partial charge in [-0.3, -0.25) is 4.79 Å². The summed E-state index contributed by atoms with van der Waals surface area (Å²) in [6, 6.07) is 7.55. The molecule has 8 heteroatoms. The third-order valence-corrected chi connectivity index (χ3v) is 6.05. The minimum absolute atomic E-state index is 0.00368. The van der Waals surface area contributed by atoms with Gasteiger partial charge in [0.1, 0.15) is 0 Å². The van der Waals surface area contributed by atoms with E-state index in [1.54, 1.807) is 37.7 Å². The summed E-state index contributed by atoms with van der Waals surface area (Å²) in [5, 5.41) is 8.07. The molecule has 0 radical (unpaired) electrons. The Morgan fingerprint density at radius 1 is 1.29 bits per heavy atom. The van der Waals surface area contributed by atoms with Crippen molar-refractivity contribution in [1.82, 2.24) is 15.0 Å². The lowest BCUT2D eigenvalue weighted by Gasteiger charge is -2.31. The summed E-state index contributed by atoms with van der Waals surface area (Å²) >= 11 is 1.60. The van der Waals surface area contributed by atoms with Gasteiger partial charge in [-0.2, -0.15) is 16.3 Å². The SMILES string of the molecule is COc1ccc(/C=C\C(=O)N2CCCC(Cc3nc(-c4ccsc4)no3)C2)cc1OC. The molecule has 0 aliphatic carbocycles. The van der Waals surface area contributed by atoms with E-state index in [1.165, 1.54) is 0 Å². The number of thiophene rings is 1. The molecule has 1 unspecified atom stereocenters. The van der Waals surface area contributed by atoms with Gasteiger partial charge in [-0.25, -0.2) is 0 Å². The summed E-state index contributed by atoms with van der Waals surface area (Å²) in [6.07, 6.45) is 6.11. The fourth-order valence-corrected chi connectivity index (χ4v) is 4.39. The lowest BCUT2D eigenvalue weighted by atomic mass is 9.94. The fraction of sp³-hybridized carbons (Fsp3) is 0.348. The zero-order valence-corrected chi connectivity index (χ0v) is 18.4. The molecular weight excluding hydrogens is 414 g/mol. The Labute approximate surface area is 185 Å². The molecule has 2 aromatic heterocycles. The Morgan fingerprint density at radius 2 is 2.16 bits per heavy atom. The van der Waals surface area contributed by atoms with Crippen LogP contribution in [0, 0.1) is 5.92 Å². The van der Waals surface area contributed by atoms with Crippen LogP contribution >= 0.6 is 11.3 Å². The standard InChI is InChI=1S/C23H25N3O4S/c1-28-19-7-5-16(12-20(19)29-2)6-8-22(27)26-10-3-4-17(14-26)13-21-24-23(25-30-21)18-9-11-31-15-18/h5-9,11-12,15,17H,3-4,10,13-14H2,1-2H3/b8-6-. The summed E-state index contributed by atoms with van der Waals surface area (Å²) in [5.41, 5.74) is 1.85. The minimum atomic E-state index is 0.00368. The second-order valence-corrected chi connectivity index (χ2v) is 8.25. The van der Waals surface area contributed by atoms with Crippen LogP contribution in [0.25, 0.3) is 17.5 Å². The minimum Gasteiger partial charge on any atom is -0.493 e. The number of likely N-dealkylation sites (tertiary alicyclic amines) is 1. The van der Waals surface area contributed by atoms with E-state index in [0.29, 0.717) is 42.1 Å². The highest BCUT2D eigenvalue weighted by Gasteiger charge is 2.24. The summed E-state index contributed by atoms with van der Waals surface area (Å²) in [5.74, 6) is 2.86. The molecule has 1 atom stereocenters. The first-order valence-corrected chi connectivity index (χ1v) is 11.1. The summed E-state index contributed by atoms with van der Waals surface area (Å²) in [4.78, 5) is 19.1. The lowest BCUT2D eigenvalue weighted by molar-refractivity contribution is -0.127. The van der Waals surface area contributed by atoms with Gasteiger partial charge in [-0.1, -0.05) is 11.2 Å². The van der Waals surface area contributed by atoms with E-state index in [1.807, 2.05) is 39.9 Å². The maximum Gasteiger partial charge on any atom is 0.246 e. The largest absolute Gasteiger partial charge is 0.493 e. The second kappa shape index (κ2) is 9.78. The topological polar surface area (TPSA) is 77.7 Å². The molecule has 0 bridgehead atoms. The Morgan fingerprint density at radius 3 is 2.94 bits per heavy atom. The Balaban J connectivity index is 1.36. The first-order chi connectivity index (χ1) is 15.2. The lowest BCUT2D eigenvalue weighted by Crippen LogP contribution is -2.39. The van der Waals surface area contributed by atoms with Crippen molar-refractivity contribution in [1.29, 1.82) is 0 Å². The predicted octanol–water partition coefficient (Wildman–Crippen LogP) is 4.31. The Bertz CT molecular complexity index is 1050. The molecule has 162 valence electrons. The number of methoxy groups -OCH3 is 2. The van der Waals surface area contributed by atoms with Crippen LogP contribution in [0.3, 0.4) is 0 Å². The van der Waals surface area contributed by atoms with Crippen LogP contribution in [-0.4, -0.2) is 48.3 Å². The summed E-state index contributed by atoms with van der Waals surface area (Å²) in [7, 11) is 3.19. The van der Waals surface area contributed by atoms with Crippen LogP contribution in [0.5, 0.6) is 11.5 Å². The number of hydrogen-bond donors (Lipinski definition) is 0. The number of carbonyl (C=O) groups excluding carboxylic acids is 1. The number of nitrogens with zero attached hydrogens (tertiary/aromatic N) is 3. The van der Waals surface area contributed by atoms with Crippen molar-refractivity contribution in [3.8, 4) is 22.9 Å². The number of hydrogen-bond acceptors (Lipinski definition) is 7. The van der Waals surface area contributed by atoms with E-state index in [4.69, 9.17) is 14.0 Å². The Kier molecular flexibility index (Phi) is 6.66. The molecule has 1 saturated heterocycles. The van der Waals surface area contributed by atoms with E-state index in [2.05, 4.69) is 10.1 Å². The van der Waals surface area contributed by atoms with Gasteiger partial charge in [-0.15, -0.1) is 0 Å². The molecule has 1 amide bonds. The molecular formula is C23H25N3O4S. The molecule has 1 aliphatic heterocycles. The van der Waals surface area contributed by atoms with E-state index in [9.17, 15) is 4.79 Å². The average Bonchev–Trinajstić information content (AvgIpc) is 3.49. The summed E-state index contributed by atoms with van der Waals surface area (Å²) in [6.45, 7) is 1.45. The van der Waals surface area contributed by atoms with Gasteiger partial charge in [-0.05, 0) is 54.0 Å². The van der Waals surface area contributed by atoms with Crippen molar-refractivity contribution in [3.05, 3.63) is 52.6 Å². The number of carbonyl (C=O) groups is 1. The molecule has 3 heterocycles. The van der Waals surface area contributed by atoms with Gasteiger partial charge in [0.25, 0.3) is 0 Å². The summed E-state index contributed by atoms with van der Waals surface area (Å²) < 4.78 is 16.0. The van der Waals surface area contributed by atoms with Crippen molar-refractivity contribution < 1.29 is 18.8 Å². The van der Waals surface area contributed by atoms with E-state index < -0.39 is 0 Å². The maximum absolute atomic E-state index is 12.7. The number of ether oxygens (including phenoxy) is 2. The fourth-order valence-electron chi connectivity index (χ4n) is 3.75. The van der Waals surface area contributed by atoms with Crippen molar-refractivity contribution in [2.24, 2.45) is 5.92 Å². The highest BCUT2D eigenvalue weighted by atomic mass is 32.1.